The van der Waals surface area contributed by atoms with Gasteiger partial charge in [-0.1, -0.05) is 13.0 Å². The Balaban J connectivity index is 2.27. The number of aromatic nitrogens is 1. The summed E-state index contributed by atoms with van der Waals surface area (Å²) in [6, 6.07) is 4.05. The van der Waals surface area contributed by atoms with Gasteiger partial charge < -0.3 is 10.1 Å². The molecule has 0 amide bonds. The molecule has 0 aromatic carbocycles. The van der Waals surface area contributed by atoms with E-state index in [1.54, 1.807) is 6.20 Å². The van der Waals surface area contributed by atoms with Crippen LogP contribution in [0.2, 0.25) is 0 Å². The lowest BCUT2D eigenvalue weighted by Crippen LogP contribution is -2.47. The van der Waals surface area contributed by atoms with Crippen molar-refractivity contribution in [3.63, 3.8) is 0 Å². The minimum Gasteiger partial charge on any atom is -0.368 e. The Morgan fingerprint density at radius 3 is 3.14 bits per heavy atom. The summed E-state index contributed by atoms with van der Waals surface area (Å²) in [6.45, 7) is 4.76. The van der Waals surface area contributed by atoms with Gasteiger partial charge in [0.15, 0.2) is 0 Å². The molecule has 2 rings (SSSR count). The van der Waals surface area contributed by atoms with Crippen LogP contribution in [-0.4, -0.2) is 24.7 Å². The molecule has 14 heavy (non-hydrogen) atoms. The lowest BCUT2D eigenvalue weighted by Gasteiger charge is -2.37. The molecule has 1 aromatic rings. The Labute approximate surface area is 84.5 Å². The second kappa shape index (κ2) is 4.07. The van der Waals surface area contributed by atoms with Gasteiger partial charge >= 0.3 is 0 Å². The van der Waals surface area contributed by atoms with Crippen molar-refractivity contribution < 1.29 is 4.74 Å². The average molecular weight is 192 g/mol. The van der Waals surface area contributed by atoms with E-state index in [0.717, 1.165) is 26.1 Å². The van der Waals surface area contributed by atoms with Crippen molar-refractivity contribution >= 4 is 0 Å². The van der Waals surface area contributed by atoms with Crippen LogP contribution in [0.3, 0.4) is 0 Å². The summed E-state index contributed by atoms with van der Waals surface area (Å²) in [5.41, 5.74) is 1.02. The molecule has 1 unspecified atom stereocenters. The summed E-state index contributed by atoms with van der Waals surface area (Å²) < 4.78 is 5.90. The zero-order valence-corrected chi connectivity index (χ0v) is 8.49. The molecule has 1 aromatic heterocycles. The summed E-state index contributed by atoms with van der Waals surface area (Å²) >= 11 is 0. The first kappa shape index (κ1) is 9.62. The first-order chi connectivity index (χ1) is 6.87. The van der Waals surface area contributed by atoms with E-state index in [0.29, 0.717) is 0 Å². The third kappa shape index (κ3) is 1.65. The second-order valence-corrected chi connectivity index (χ2v) is 3.61. The molecule has 0 saturated carbocycles. The van der Waals surface area contributed by atoms with Crippen LogP contribution in [0, 0.1) is 0 Å². The number of hydrogen-bond donors (Lipinski definition) is 1. The van der Waals surface area contributed by atoms with E-state index in [-0.39, 0.29) is 5.60 Å². The molecular formula is C11H16N2O. The van der Waals surface area contributed by atoms with Crippen molar-refractivity contribution in [2.75, 3.05) is 19.7 Å². The maximum absolute atomic E-state index is 5.90. The molecule has 76 valence electrons. The van der Waals surface area contributed by atoms with Crippen LogP contribution < -0.4 is 5.32 Å². The van der Waals surface area contributed by atoms with Crippen LogP contribution in [0.25, 0.3) is 0 Å². The number of nitrogens with zero attached hydrogens (tertiary/aromatic N) is 1. The Bertz CT molecular complexity index is 281. The van der Waals surface area contributed by atoms with Gasteiger partial charge in [0.1, 0.15) is 5.60 Å². The Morgan fingerprint density at radius 1 is 1.64 bits per heavy atom. The number of morpholine rings is 1. The average Bonchev–Trinajstić information content (AvgIpc) is 2.31. The number of ether oxygens (including phenoxy) is 1. The first-order valence-electron chi connectivity index (χ1n) is 5.12. The maximum Gasteiger partial charge on any atom is 0.107 e. The zero-order valence-electron chi connectivity index (χ0n) is 8.49. The molecule has 1 aliphatic rings. The zero-order chi connectivity index (χ0) is 9.86. The molecule has 3 heteroatoms. The number of nitrogens with one attached hydrogen (secondary N) is 1. The summed E-state index contributed by atoms with van der Waals surface area (Å²) in [4.78, 5) is 4.15. The minimum atomic E-state index is -0.160. The Hall–Kier alpha value is -0.930. The van der Waals surface area contributed by atoms with Gasteiger partial charge in [0.05, 0.1) is 6.61 Å². The fraction of sp³-hybridized carbons (Fsp3) is 0.545. The van der Waals surface area contributed by atoms with E-state index in [1.165, 1.54) is 5.56 Å². The van der Waals surface area contributed by atoms with Gasteiger partial charge in [-0.2, -0.15) is 0 Å². The highest BCUT2D eigenvalue weighted by molar-refractivity contribution is 5.19. The second-order valence-electron chi connectivity index (χ2n) is 3.61. The number of pyridine rings is 1. The van der Waals surface area contributed by atoms with Crippen molar-refractivity contribution in [3.8, 4) is 0 Å². The van der Waals surface area contributed by atoms with Gasteiger partial charge in [-0.3, -0.25) is 4.98 Å². The molecule has 1 atom stereocenters. The predicted molar refractivity (Wildman–Crippen MR) is 55.0 cm³/mol. The van der Waals surface area contributed by atoms with E-state index in [4.69, 9.17) is 4.74 Å². The van der Waals surface area contributed by atoms with Crippen LogP contribution in [-0.2, 0) is 10.3 Å². The highest BCUT2D eigenvalue weighted by atomic mass is 16.5. The lowest BCUT2D eigenvalue weighted by molar-refractivity contribution is -0.0739. The van der Waals surface area contributed by atoms with Crippen LogP contribution in [0.4, 0.5) is 0 Å². The highest BCUT2D eigenvalue weighted by Crippen LogP contribution is 2.29. The van der Waals surface area contributed by atoms with Crippen molar-refractivity contribution in [1.29, 1.82) is 0 Å². The van der Waals surface area contributed by atoms with Crippen LogP contribution in [0.5, 0.6) is 0 Å². The number of rotatable bonds is 2. The minimum absolute atomic E-state index is 0.160. The number of hydrogen-bond acceptors (Lipinski definition) is 3. The van der Waals surface area contributed by atoms with Gasteiger partial charge in [0.2, 0.25) is 0 Å². The fourth-order valence-corrected chi connectivity index (χ4v) is 1.91. The third-order valence-corrected chi connectivity index (χ3v) is 2.83. The van der Waals surface area contributed by atoms with Gasteiger partial charge in [0, 0.05) is 31.0 Å². The van der Waals surface area contributed by atoms with Crippen molar-refractivity contribution in [1.82, 2.24) is 10.3 Å². The van der Waals surface area contributed by atoms with E-state index in [2.05, 4.69) is 23.3 Å². The molecular weight excluding hydrogens is 176 g/mol. The molecule has 0 aliphatic carbocycles. The van der Waals surface area contributed by atoms with Crippen molar-refractivity contribution in [2.45, 2.75) is 18.9 Å². The van der Waals surface area contributed by atoms with Crippen molar-refractivity contribution in [2.24, 2.45) is 0 Å². The summed E-state index contributed by atoms with van der Waals surface area (Å²) in [6.07, 6.45) is 4.67. The molecule has 1 fully saturated rings. The third-order valence-electron chi connectivity index (χ3n) is 2.83. The van der Waals surface area contributed by atoms with Crippen molar-refractivity contribution in [3.05, 3.63) is 30.1 Å². The van der Waals surface area contributed by atoms with Gasteiger partial charge in [-0.15, -0.1) is 0 Å². The summed E-state index contributed by atoms with van der Waals surface area (Å²) in [5.74, 6) is 0. The molecule has 1 aliphatic heterocycles. The van der Waals surface area contributed by atoms with E-state index in [9.17, 15) is 0 Å². The van der Waals surface area contributed by atoms with Gasteiger partial charge in [-0.25, -0.2) is 0 Å². The Kier molecular flexibility index (Phi) is 2.79. The maximum atomic E-state index is 5.90. The molecule has 3 nitrogen and oxygen atoms in total. The molecule has 0 radical (unpaired) electrons. The molecule has 1 N–H and O–H groups in total. The van der Waals surface area contributed by atoms with Crippen LogP contribution >= 0.6 is 0 Å². The molecule has 0 spiro atoms. The normalized spacial score (nSPS) is 27.5. The fourth-order valence-electron chi connectivity index (χ4n) is 1.91. The monoisotopic (exact) mass is 192 g/mol. The van der Waals surface area contributed by atoms with Crippen LogP contribution in [0.1, 0.15) is 18.9 Å². The topological polar surface area (TPSA) is 34.2 Å². The SMILES string of the molecule is CCC1(c2cccnc2)CNCCO1. The molecule has 0 bridgehead atoms. The quantitative estimate of drug-likeness (QED) is 0.767. The summed E-state index contributed by atoms with van der Waals surface area (Å²) in [5, 5.41) is 3.37. The Morgan fingerprint density at radius 2 is 2.57 bits per heavy atom. The van der Waals surface area contributed by atoms with Gasteiger partial charge in [0.25, 0.3) is 0 Å². The van der Waals surface area contributed by atoms with E-state index in [1.807, 2.05) is 12.3 Å². The largest absolute Gasteiger partial charge is 0.368 e. The van der Waals surface area contributed by atoms with Crippen LogP contribution in [0.15, 0.2) is 24.5 Å². The molecule has 1 saturated heterocycles. The standard InChI is InChI=1S/C11H16N2O/c1-2-11(9-13-6-7-14-11)10-4-3-5-12-8-10/h3-5,8,13H,2,6-7,9H2,1H3. The highest BCUT2D eigenvalue weighted by Gasteiger charge is 2.33. The van der Waals surface area contributed by atoms with E-state index < -0.39 is 0 Å². The molecule has 2 heterocycles. The summed E-state index contributed by atoms with van der Waals surface area (Å²) in [7, 11) is 0. The van der Waals surface area contributed by atoms with E-state index >= 15 is 0 Å². The predicted octanol–water partition coefficient (Wildman–Crippen LogP) is 1.31. The smallest absolute Gasteiger partial charge is 0.107 e. The lowest BCUT2D eigenvalue weighted by atomic mass is 9.91. The first-order valence-corrected chi connectivity index (χ1v) is 5.12. The van der Waals surface area contributed by atoms with Gasteiger partial charge in [-0.05, 0) is 12.5 Å².